The molecule has 2 aliphatic heterocycles. The van der Waals surface area contributed by atoms with E-state index in [-0.39, 0.29) is 0 Å². The highest BCUT2D eigenvalue weighted by atomic mass is 79.9. The Balaban J connectivity index is 2.04. The van der Waals surface area contributed by atoms with Gasteiger partial charge < -0.3 is 15.2 Å². The van der Waals surface area contributed by atoms with Crippen molar-refractivity contribution < 1.29 is 9.84 Å². The smallest absolute Gasteiger partial charge is 0.130 e. The Morgan fingerprint density at radius 3 is 3.19 bits per heavy atom. The van der Waals surface area contributed by atoms with Crippen molar-refractivity contribution in [3.05, 3.63) is 22.2 Å². The van der Waals surface area contributed by atoms with Gasteiger partial charge in [-0.05, 0) is 41.0 Å². The molecular weight excluding hydrogens is 270 g/mol. The number of fused-ring (bicyclic) bond motifs is 3. The summed E-state index contributed by atoms with van der Waals surface area (Å²) in [4.78, 5) is 0. The topological polar surface area (TPSA) is 41.5 Å². The van der Waals surface area contributed by atoms with Crippen LogP contribution in [0.2, 0.25) is 0 Å². The Morgan fingerprint density at radius 2 is 2.31 bits per heavy atom. The Morgan fingerprint density at radius 1 is 1.44 bits per heavy atom. The van der Waals surface area contributed by atoms with E-state index in [9.17, 15) is 5.11 Å². The van der Waals surface area contributed by atoms with E-state index < -0.39 is 0 Å². The summed E-state index contributed by atoms with van der Waals surface area (Å²) < 4.78 is 6.46. The number of phenols is 1. The number of benzene rings is 1. The third-order valence-electron chi connectivity index (χ3n) is 3.56. The molecule has 0 aliphatic carbocycles. The van der Waals surface area contributed by atoms with Gasteiger partial charge in [0, 0.05) is 23.9 Å². The summed E-state index contributed by atoms with van der Waals surface area (Å²) >= 11 is 3.32. The molecule has 1 aromatic rings. The van der Waals surface area contributed by atoms with Crippen LogP contribution >= 0.6 is 15.9 Å². The van der Waals surface area contributed by atoms with Crippen LogP contribution in [0.25, 0.3) is 0 Å². The van der Waals surface area contributed by atoms with Crippen LogP contribution in [0, 0.1) is 5.92 Å². The second-order valence-electron chi connectivity index (χ2n) is 4.51. The van der Waals surface area contributed by atoms with Gasteiger partial charge in [-0.1, -0.05) is 0 Å². The monoisotopic (exact) mass is 283 g/mol. The van der Waals surface area contributed by atoms with Gasteiger partial charge in [0.2, 0.25) is 0 Å². The Kier molecular flexibility index (Phi) is 2.56. The number of piperidine rings is 1. The second kappa shape index (κ2) is 3.93. The van der Waals surface area contributed by atoms with Gasteiger partial charge in [0.05, 0.1) is 11.1 Å². The van der Waals surface area contributed by atoms with Crippen LogP contribution in [-0.4, -0.2) is 24.8 Å². The lowest BCUT2D eigenvalue weighted by molar-refractivity contribution is 0.164. The first kappa shape index (κ1) is 10.4. The minimum Gasteiger partial charge on any atom is -0.507 e. The maximum absolute atomic E-state index is 9.74. The van der Waals surface area contributed by atoms with Crippen molar-refractivity contribution in [2.45, 2.75) is 12.3 Å². The zero-order valence-corrected chi connectivity index (χ0v) is 10.5. The predicted molar refractivity (Wildman–Crippen MR) is 65.0 cm³/mol. The number of aromatic hydroxyl groups is 1. The average Bonchev–Trinajstić information content (AvgIpc) is 2.31. The Labute approximate surface area is 103 Å². The minimum absolute atomic E-state index is 0.300. The maximum atomic E-state index is 9.74. The number of nitrogens with one attached hydrogen (secondary N) is 1. The molecule has 1 aromatic carbocycles. The lowest BCUT2D eigenvalue weighted by atomic mass is 9.80. The quantitative estimate of drug-likeness (QED) is 0.767. The number of ether oxygens (including phenoxy) is 1. The van der Waals surface area contributed by atoms with E-state index in [4.69, 9.17) is 4.74 Å². The maximum Gasteiger partial charge on any atom is 0.130 e. The third-order valence-corrected chi connectivity index (χ3v) is 4.19. The SMILES string of the molecule is Oc1cc2c(cc1Br)OC[C@@H]1CCNC[C@H]21. The molecule has 0 bridgehead atoms. The van der Waals surface area contributed by atoms with Crippen LogP contribution in [0.4, 0.5) is 0 Å². The molecule has 1 fully saturated rings. The lowest BCUT2D eigenvalue weighted by Crippen LogP contribution is -2.40. The lowest BCUT2D eigenvalue weighted by Gasteiger charge is -2.37. The first-order valence-electron chi connectivity index (χ1n) is 5.61. The summed E-state index contributed by atoms with van der Waals surface area (Å²) in [5.74, 6) is 2.29. The summed E-state index contributed by atoms with van der Waals surface area (Å²) in [7, 11) is 0. The number of halogens is 1. The van der Waals surface area contributed by atoms with Gasteiger partial charge in [0.15, 0.2) is 0 Å². The van der Waals surface area contributed by atoms with E-state index in [1.807, 2.05) is 12.1 Å². The summed E-state index contributed by atoms with van der Waals surface area (Å²) in [6.45, 7) is 2.86. The highest BCUT2D eigenvalue weighted by Gasteiger charge is 2.33. The fraction of sp³-hybridized carbons (Fsp3) is 0.500. The van der Waals surface area contributed by atoms with E-state index in [1.165, 1.54) is 0 Å². The zero-order valence-electron chi connectivity index (χ0n) is 8.87. The standard InChI is InChI=1S/C12H14BrNO2/c13-10-4-12-8(3-11(10)15)9-5-14-2-1-7(9)6-16-12/h3-4,7,9,14-15H,1-2,5-6H2/t7-,9-/m0/s1. The molecule has 0 amide bonds. The van der Waals surface area contributed by atoms with Crippen LogP contribution < -0.4 is 10.1 Å². The average molecular weight is 284 g/mol. The van der Waals surface area contributed by atoms with Crippen molar-refractivity contribution in [2.24, 2.45) is 5.92 Å². The van der Waals surface area contributed by atoms with Crippen molar-refractivity contribution in [3.63, 3.8) is 0 Å². The van der Waals surface area contributed by atoms with E-state index >= 15 is 0 Å². The fourth-order valence-electron chi connectivity index (χ4n) is 2.65. The number of phenolic OH excluding ortho intramolecular Hbond substituents is 1. The molecule has 3 nitrogen and oxygen atoms in total. The van der Waals surface area contributed by atoms with Crippen LogP contribution in [0.15, 0.2) is 16.6 Å². The Bertz CT molecular complexity index is 422. The molecule has 2 heterocycles. The zero-order chi connectivity index (χ0) is 11.1. The van der Waals surface area contributed by atoms with E-state index in [2.05, 4.69) is 21.2 Å². The van der Waals surface area contributed by atoms with E-state index in [0.29, 0.717) is 22.1 Å². The van der Waals surface area contributed by atoms with Crippen LogP contribution in [0.5, 0.6) is 11.5 Å². The van der Waals surface area contributed by atoms with Crippen LogP contribution in [0.3, 0.4) is 0 Å². The third kappa shape index (κ3) is 1.60. The molecule has 16 heavy (non-hydrogen) atoms. The fourth-order valence-corrected chi connectivity index (χ4v) is 2.97. The molecule has 2 atom stereocenters. The largest absolute Gasteiger partial charge is 0.507 e. The van der Waals surface area contributed by atoms with Crippen LogP contribution in [0.1, 0.15) is 17.9 Å². The second-order valence-corrected chi connectivity index (χ2v) is 5.37. The molecule has 0 saturated carbocycles. The highest BCUT2D eigenvalue weighted by molar-refractivity contribution is 9.10. The van der Waals surface area contributed by atoms with Gasteiger partial charge in [-0.25, -0.2) is 0 Å². The van der Waals surface area contributed by atoms with Gasteiger partial charge in [0.1, 0.15) is 11.5 Å². The van der Waals surface area contributed by atoms with Gasteiger partial charge in [-0.2, -0.15) is 0 Å². The summed E-state index contributed by atoms with van der Waals surface area (Å²) in [6.07, 6.45) is 1.15. The van der Waals surface area contributed by atoms with E-state index in [1.54, 1.807) is 0 Å². The van der Waals surface area contributed by atoms with Crippen molar-refractivity contribution >= 4 is 15.9 Å². The molecule has 0 aromatic heterocycles. The number of hydrogen-bond acceptors (Lipinski definition) is 3. The highest BCUT2D eigenvalue weighted by Crippen LogP contribution is 2.43. The minimum atomic E-state index is 0.300. The normalized spacial score (nSPS) is 27.8. The number of hydrogen-bond donors (Lipinski definition) is 2. The first-order chi connectivity index (χ1) is 7.75. The molecule has 0 unspecified atom stereocenters. The molecule has 2 N–H and O–H groups in total. The summed E-state index contributed by atoms with van der Waals surface area (Å²) in [5.41, 5.74) is 1.14. The summed E-state index contributed by atoms with van der Waals surface area (Å²) in [6, 6.07) is 3.71. The molecule has 2 aliphatic rings. The van der Waals surface area contributed by atoms with Gasteiger partial charge in [-0.3, -0.25) is 0 Å². The molecule has 86 valence electrons. The van der Waals surface area contributed by atoms with Gasteiger partial charge in [-0.15, -0.1) is 0 Å². The first-order valence-corrected chi connectivity index (χ1v) is 6.41. The van der Waals surface area contributed by atoms with Gasteiger partial charge in [0.25, 0.3) is 0 Å². The molecule has 4 heteroatoms. The van der Waals surface area contributed by atoms with Crippen molar-refractivity contribution in [2.75, 3.05) is 19.7 Å². The molecule has 0 spiro atoms. The van der Waals surface area contributed by atoms with Crippen LogP contribution in [-0.2, 0) is 0 Å². The molecule has 3 rings (SSSR count). The Hall–Kier alpha value is -0.740. The molecular formula is C12H14BrNO2. The van der Waals surface area contributed by atoms with Crippen molar-refractivity contribution in [1.82, 2.24) is 5.32 Å². The molecule has 1 saturated heterocycles. The van der Waals surface area contributed by atoms with Crippen molar-refractivity contribution in [3.8, 4) is 11.5 Å². The molecule has 0 radical (unpaired) electrons. The van der Waals surface area contributed by atoms with E-state index in [0.717, 1.165) is 37.4 Å². The van der Waals surface area contributed by atoms with Crippen molar-refractivity contribution in [1.29, 1.82) is 0 Å². The summed E-state index contributed by atoms with van der Waals surface area (Å²) in [5, 5.41) is 13.2. The van der Waals surface area contributed by atoms with Gasteiger partial charge >= 0.3 is 0 Å². The predicted octanol–water partition coefficient (Wildman–Crippen LogP) is 2.24. The number of rotatable bonds is 0.